The highest BCUT2D eigenvalue weighted by molar-refractivity contribution is 7.89. The maximum Gasteiger partial charge on any atom is 0.335 e. The number of sulfonamides is 1. The van der Waals surface area contributed by atoms with Crippen LogP contribution >= 0.6 is 0 Å². The van der Waals surface area contributed by atoms with Crippen LogP contribution in [-0.2, 0) is 10.0 Å². The first kappa shape index (κ1) is 15.2. The summed E-state index contributed by atoms with van der Waals surface area (Å²) in [5, 5.41) is 8.78. The number of carbonyl (C=O) groups is 1. The van der Waals surface area contributed by atoms with Crippen molar-refractivity contribution in [1.29, 1.82) is 0 Å². The van der Waals surface area contributed by atoms with E-state index in [1.54, 1.807) is 0 Å². The molecule has 0 unspecified atom stereocenters. The van der Waals surface area contributed by atoms with Crippen molar-refractivity contribution in [2.75, 3.05) is 12.3 Å². The maximum atomic E-state index is 11.9. The molecule has 0 aliphatic rings. The van der Waals surface area contributed by atoms with E-state index in [-0.39, 0.29) is 22.7 Å². The summed E-state index contributed by atoms with van der Waals surface area (Å²) in [6, 6.07) is 3.53. The van der Waals surface area contributed by atoms with Crippen molar-refractivity contribution in [3.05, 3.63) is 35.9 Å². The SMILES string of the molecule is C/C=C/CCNS(=O)(=O)c1ccc(C(=O)O)cc1N. The van der Waals surface area contributed by atoms with E-state index in [1.807, 2.05) is 19.1 Å². The van der Waals surface area contributed by atoms with Crippen LogP contribution in [0, 0.1) is 0 Å². The lowest BCUT2D eigenvalue weighted by Gasteiger charge is -2.08. The van der Waals surface area contributed by atoms with E-state index < -0.39 is 16.0 Å². The Kier molecular flexibility index (Phi) is 5.08. The number of carboxylic acids is 1. The van der Waals surface area contributed by atoms with Gasteiger partial charge >= 0.3 is 5.97 Å². The largest absolute Gasteiger partial charge is 0.478 e. The second kappa shape index (κ2) is 6.35. The molecule has 0 saturated carbocycles. The van der Waals surface area contributed by atoms with Crippen LogP contribution in [-0.4, -0.2) is 26.0 Å². The zero-order chi connectivity index (χ0) is 14.5. The lowest BCUT2D eigenvalue weighted by molar-refractivity contribution is 0.0697. The van der Waals surface area contributed by atoms with Crippen LogP contribution in [0.15, 0.2) is 35.2 Å². The number of benzene rings is 1. The smallest absolute Gasteiger partial charge is 0.335 e. The van der Waals surface area contributed by atoms with Gasteiger partial charge in [-0.3, -0.25) is 0 Å². The van der Waals surface area contributed by atoms with Gasteiger partial charge in [0.1, 0.15) is 4.90 Å². The number of allylic oxidation sites excluding steroid dienone is 1. The van der Waals surface area contributed by atoms with Crippen molar-refractivity contribution < 1.29 is 18.3 Å². The Morgan fingerprint density at radius 3 is 2.68 bits per heavy atom. The fourth-order valence-electron chi connectivity index (χ4n) is 1.45. The normalized spacial score (nSPS) is 11.8. The molecule has 6 nitrogen and oxygen atoms in total. The van der Waals surface area contributed by atoms with Gasteiger partial charge in [-0.05, 0) is 31.5 Å². The predicted octanol–water partition coefficient (Wildman–Crippen LogP) is 1.21. The molecule has 19 heavy (non-hydrogen) atoms. The molecule has 0 spiro atoms. The van der Waals surface area contributed by atoms with Crippen LogP contribution in [0.4, 0.5) is 5.69 Å². The summed E-state index contributed by atoms with van der Waals surface area (Å²) in [5.41, 5.74) is 5.44. The van der Waals surface area contributed by atoms with Gasteiger partial charge in [0.05, 0.1) is 11.3 Å². The summed E-state index contributed by atoms with van der Waals surface area (Å²) < 4.78 is 26.3. The molecule has 104 valence electrons. The van der Waals surface area contributed by atoms with Crippen molar-refractivity contribution in [1.82, 2.24) is 4.72 Å². The van der Waals surface area contributed by atoms with Gasteiger partial charge in [-0.1, -0.05) is 12.2 Å². The number of nitrogen functional groups attached to an aromatic ring is 1. The quantitative estimate of drug-likeness (QED) is 0.413. The summed E-state index contributed by atoms with van der Waals surface area (Å²) in [6.07, 6.45) is 4.23. The van der Waals surface area contributed by atoms with E-state index in [2.05, 4.69) is 4.72 Å². The number of hydrogen-bond donors (Lipinski definition) is 3. The molecule has 0 aliphatic carbocycles. The predicted molar refractivity (Wildman–Crippen MR) is 72.4 cm³/mol. The summed E-state index contributed by atoms with van der Waals surface area (Å²) in [7, 11) is -3.72. The van der Waals surface area contributed by atoms with Crippen LogP contribution in [0.25, 0.3) is 0 Å². The number of nitrogens with two attached hydrogens (primary N) is 1. The average Bonchev–Trinajstić information content (AvgIpc) is 2.34. The van der Waals surface area contributed by atoms with Gasteiger partial charge in [-0.2, -0.15) is 0 Å². The Morgan fingerprint density at radius 2 is 2.16 bits per heavy atom. The van der Waals surface area contributed by atoms with Crippen LogP contribution in [0.2, 0.25) is 0 Å². The highest BCUT2D eigenvalue weighted by atomic mass is 32.2. The molecular formula is C12H16N2O4S. The van der Waals surface area contributed by atoms with E-state index in [0.29, 0.717) is 6.42 Å². The lowest BCUT2D eigenvalue weighted by Crippen LogP contribution is -2.25. The van der Waals surface area contributed by atoms with E-state index in [1.165, 1.54) is 12.1 Å². The molecule has 0 atom stereocenters. The number of nitrogens with one attached hydrogen (secondary N) is 1. The summed E-state index contributed by atoms with van der Waals surface area (Å²) >= 11 is 0. The highest BCUT2D eigenvalue weighted by Gasteiger charge is 2.18. The van der Waals surface area contributed by atoms with Gasteiger partial charge < -0.3 is 10.8 Å². The van der Waals surface area contributed by atoms with Gasteiger partial charge in [-0.15, -0.1) is 0 Å². The van der Waals surface area contributed by atoms with Crippen molar-refractivity contribution >= 4 is 21.7 Å². The molecule has 0 radical (unpaired) electrons. The second-order valence-corrected chi connectivity index (χ2v) is 5.55. The van der Waals surface area contributed by atoms with E-state index in [0.717, 1.165) is 6.07 Å². The topological polar surface area (TPSA) is 109 Å². The van der Waals surface area contributed by atoms with E-state index in [4.69, 9.17) is 10.8 Å². The third-order valence-electron chi connectivity index (χ3n) is 2.39. The number of hydrogen-bond acceptors (Lipinski definition) is 4. The molecule has 1 rings (SSSR count). The molecule has 0 bridgehead atoms. The van der Waals surface area contributed by atoms with Gasteiger partial charge in [0, 0.05) is 6.54 Å². The molecule has 4 N–H and O–H groups in total. The van der Waals surface area contributed by atoms with Gasteiger partial charge in [0.15, 0.2) is 0 Å². The van der Waals surface area contributed by atoms with Gasteiger partial charge in [-0.25, -0.2) is 17.9 Å². The van der Waals surface area contributed by atoms with Crippen LogP contribution in [0.1, 0.15) is 23.7 Å². The first-order chi connectivity index (χ1) is 8.88. The van der Waals surface area contributed by atoms with Gasteiger partial charge in [0.2, 0.25) is 10.0 Å². The number of anilines is 1. The summed E-state index contributed by atoms with van der Waals surface area (Å²) in [4.78, 5) is 10.6. The first-order valence-corrected chi connectivity index (χ1v) is 7.10. The Hall–Kier alpha value is -1.86. The summed E-state index contributed by atoms with van der Waals surface area (Å²) in [6.45, 7) is 2.10. The number of aromatic carboxylic acids is 1. The highest BCUT2D eigenvalue weighted by Crippen LogP contribution is 2.19. The standard InChI is InChI=1S/C12H16N2O4S/c1-2-3-4-7-14-19(17,18)11-6-5-9(12(15)16)8-10(11)13/h2-3,5-6,8,14H,4,7,13H2,1H3,(H,15,16)/b3-2+. The fourth-order valence-corrected chi connectivity index (χ4v) is 2.61. The lowest BCUT2D eigenvalue weighted by atomic mass is 10.2. The Balaban J connectivity index is 2.92. The number of carboxylic acid groups (broad SMARTS) is 1. The minimum Gasteiger partial charge on any atom is -0.478 e. The molecule has 1 aromatic rings. The number of rotatable bonds is 6. The zero-order valence-corrected chi connectivity index (χ0v) is 11.3. The third-order valence-corrected chi connectivity index (χ3v) is 3.92. The minimum atomic E-state index is -3.72. The van der Waals surface area contributed by atoms with Gasteiger partial charge in [0.25, 0.3) is 0 Å². The fraction of sp³-hybridized carbons (Fsp3) is 0.250. The maximum absolute atomic E-state index is 11.9. The van der Waals surface area contributed by atoms with Crippen LogP contribution in [0.3, 0.4) is 0 Å². The molecule has 0 fully saturated rings. The van der Waals surface area contributed by atoms with E-state index >= 15 is 0 Å². The van der Waals surface area contributed by atoms with Crippen molar-refractivity contribution in [3.63, 3.8) is 0 Å². The van der Waals surface area contributed by atoms with Crippen LogP contribution in [0.5, 0.6) is 0 Å². The molecule has 1 aromatic carbocycles. The average molecular weight is 284 g/mol. The molecule has 0 heterocycles. The van der Waals surface area contributed by atoms with Crippen molar-refractivity contribution in [2.24, 2.45) is 0 Å². The molecular weight excluding hydrogens is 268 g/mol. The second-order valence-electron chi connectivity index (χ2n) is 3.81. The molecule has 0 aliphatic heterocycles. The zero-order valence-electron chi connectivity index (χ0n) is 10.5. The molecule has 0 saturated heterocycles. The minimum absolute atomic E-state index is 0.0506. The van der Waals surface area contributed by atoms with Crippen molar-refractivity contribution in [3.8, 4) is 0 Å². The Bertz CT molecular complexity index is 594. The summed E-state index contributed by atoms with van der Waals surface area (Å²) in [5.74, 6) is -1.16. The monoisotopic (exact) mass is 284 g/mol. The Morgan fingerprint density at radius 1 is 1.47 bits per heavy atom. The third kappa shape index (κ3) is 4.08. The Labute approximate surface area is 112 Å². The molecule has 7 heteroatoms. The van der Waals surface area contributed by atoms with E-state index in [9.17, 15) is 13.2 Å². The molecule has 0 amide bonds. The molecule has 0 aromatic heterocycles. The van der Waals surface area contributed by atoms with Crippen LogP contribution < -0.4 is 10.5 Å². The van der Waals surface area contributed by atoms with Crippen molar-refractivity contribution in [2.45, 2.75) is 18.2 Å². The first-order valence-electron chi connectivity index (χ1n) is 5.62.